The standard InChI is InChI=1S/C13H23F2NO2/c1-4-13(14,15)9-11(17)18-12(2,3)10-5-7-16-8-6-10/h10,16H,4-9H2,1-3H3. The van der Waals surface area contributed by atoms with E-state index in [0.29, 0.717) is 0 Å². The number of halogens is 2. The van der Waals surface area contributed by atoms with Crippen LogP contribution in [0.5, 0.6) is 0 Å². The normalized spacial score (nSPS) is 18.7. The van der Waals surface area contributed by atoms with Gasteiger partial charge in [-0.1, -0.05) is 6.92 Å². The minimum Gasteiger partial charge on any atom is -0.459 e. The van der Waals surface area contributed by atoms with E-state index in [1.54, 1.807) is 0 Å². The molecule has 0 bridgehead atoms. The first-order valence-electron chi connectivity index (χ1n) is 6.57. The van der Waals surface area contributed by atoms with Crippen molar-refractivity contribution in [2.24, 2.45) is 5.92 Å². The average molecular weight is 263 g/mol. The number of hydrogen-bond donors (Lipinski definition) is 1. The van der Waals surface area contributed by atoms with E-state index in [0.717, 1.165) is 25.9 Å². The number of ether oxygens (including phenoxy) is 1. The van der Waals surface area contributed by atoms with Crippen molar-refractivity contribution in [2.45, 2.75) is 58.0 Å². The van der Waals surface area contributed by atoms with E-state index in [1.807, 2.05) is 13.8 Å². The minimum atomic E-state index is -2.96. The van der Waals surface area contributed by atoms with Gasteiger partial charge in [0, 0.05) is 12.3 Å². The summed E-state index contributed by atoms with van der Waals surface area (Å²) in [5, 5.41) is 3.23. The summed E-state index contributed by atoms with van der Waals surface area (Å²) in [4.78, 5) is 11.6. The summed E-state index contributed by atoms with van der Waals surface area (Å²) in [6.07, 6.45) is 0.655. The van der Waals surface area contributed by atoms with Gasteiger partial charge in [-0.3, -0.25) is 4.79 Å². The van der Waals surface area contributed by atoms with Crippen LogP contribution in [-0.4, -0.2) is 30.6 Å². The zero-order chi connectivity index (χ0) is 13.8. The van der Waals surface area contributed by atoms with Crippen molar-refractivity contribution in [2.75, 3.05) is 13.1 Å². The lowest BCUT2D eigenvalue weighted by Gasteiger charge is -2.37. The molecule has 106 valence electrons. The average Bonchev–Trinajstić information content (AvgIpc) is 2.28. The third-order valence-corrected chi connectivity index (χ3v) is 3.62. The molecule has 1 aliphatic heterocycles. The Morgan fingerprint density at radius 3 is 2.39 bits per heavy atom. The van der Waals surface area contributed by atoms with Gasteiger partial charge in [-0.15, -0.1) is 0 Å². The zero-order valence-corrected chi connectivity index (χ0v) is 11.4. The van der Waals surface area contributed by atoms with Gasteiger partial charge >= 0.3 is 5.97 Å². The van der Waals surface area contributed by atoms with E-state index in [9.17, 15) is 13.6 Å². The molecule has 1 fully saturated rings. The zero-order valence-electron chi connectivity index (χ0n) is 11.4. The highest BCUT2D eigenvalue weighted by molar-refractivity contribution is 5.70. The first-order valence-corrected chi connectivity index (χ1v) is 6.57. The van der Waals surface area contributed by atoms with Crippen LogP contribution in [0.25, 0.3) is 0 Å². The van der Waals surface area contributed by atoms with Gasteiger partial charge < -0.3 is 10.1 Å². The van der Waals surface area contributed by atoms with Crippen LogP contribution in [0, 0.1) is 5.92 Å². The van der Waals surface area contributed by atoms with Crippen molar-refractivity contribution in [3.05, 3.63) is 0 Å². The molecule has 1 rings (SSSR count). The van der Waals surface area contributed by atoms with Gasteiger partial charge in [0.2, 0.25) is 0 Å². The van der Waals surface area contributed by atoms with E-state index < -0.39 is 23.9 Å². The van der Waals surface area contributed by atoms with Crippen molar-refractivity contribution in [1.82, 2.24) is 5.32 Å². The number of carbonyl (C=O) groups is 1. The molecule has 0 unspecified atom stereocenters. The Kier molecular flexibility index (Phi) is 5.08. The van der Waals surface area contributed by atoms with Gasteiger partial charge in [0.05, 0.1) is 0 Å². The summed E-state index contributed by atoms with van der Waals surface area (Å²) in [6.45, 7) is 6.76. The van der Waals surface area contributed by atoms with Crippen molar-refractivity contribution in [1.29, 1.82) is 0 Å². The van der Waals surface area contributed by atoms with E-state index in [-0.39, 0.29) is 12.3 Å². The molecule has 1 heterocycles. The fraction of sp³-hybridized carbons (Fsp3) is 0.923. The minimum absolute atomic E-state index is 0.234. The molecule has 0 spiro atoms. The molecule has 1 N–H and O–H groups in total. The van der Waals surface area contributed by atoms with E-state index >= 15 is 0 Å². The Bertz CT molecular complexity index is 287. The fourth-order valence-corrected chi connectivity index (χ4v) is 2.27. The van der Waals surface area contributed by atoms with Gasteiger partial charge in [-0.05, 0) is 39.8 Å². The van der Waals surface area contributed by atoms with Crippen LogP contribution < -0.4 is 5.32 Å². The largest absolute Gasteiger partial charge is 0.459 e. The number of rotatable bonds is 5. The quantitative estimate of drug-likeness (QED) is 0.775. The van der Waals surface area contributed by atoms with Crippen LogP contribution in [-0.2, 0) is 9.53 Å². The molecule has 0 aromatic rings. The van der Waals surface area contributed by atoms with Crippen LogP contribution in [0.3, 0.4) is 0 Å². The molecule has 0 amide bonds. The van der Waals surface area contributed by atoms with Gasteiger partial charge in [0.1, 0.15) is 12.0 Å². The van der Waals surface area contributed by atoms with Gasteiger partial charge in [-0.2, -0.15) is 0 Å². The van der Waals surface area contributed by atoms with Gasteiger partial charge in [-0.25, -0.2) is 8.78 Å². The topological polar surface area (TPSA) is 38.3 Å². The number of nitrogens with one attached hydrogen (secondary N) is 1. The maximum absolute atomic E-state index is 13.1. The Hall–Kier alpha value is -0.710. The highest BCUT2D eigenvalue weighted by atomic mass is 19.3. The third-order valence-electron chi connectivity index (χ3n) is 3.62. The molecule has 0 saturated carbocycles. The van der Waals surface area contributed by atoms with E-state index in [1.165, 1.54) is 6.92 Å². The predicted molar refractivity (Wildman–Crippen MR) is 65.6 cm³/mol. The lowest BCUT2D eigenvalue weighted by molar-refractivity contribution is -0.170. The van der Waals surface area contributed by atoms with Crippen LogP contribution in [0.2, 0.25) is 0 Å². The molecule has 5 heteroatoms. The molecular formula is C13H23F2NO2. The molecule has 0 aromatic carbocycles. The molecule has 0 radical (unpaired) electrons. The Labute approximate surface area is 107 Å². The van der Waals surface area contributed by atoms with Crippen molar-refractivity contribution < 1.29 is 18.3 Å². The van der Waals surface area contributed by atoms with Crippen LogP contribution >= 0.6 is 0 Å². The van der Waals surface area contributed by atoms with Crippen molar-refractivity contribution >= 4 is 5.97 Å². The summed E-state index contributed by atoms with van der Waals surface area (Å²) in [5.74, 6) is -3.52. The maximum Gasteiger partial charge on any atom is 0.312 e. The highest BCUT2D eigenvalue weighted by Gasteiger charge is 2.37. The van der Waals surface area contributed by atoms with Crippen LogP contribution in [0.4, 0.5) is 8.78 Å². The van der Waals surface area contributed by atoms with Gasteiger partial charge in [0.15, 0.2) is 0 Å². The number of hydrogen-bond acceptors (Lipinski definition) is 3. The van der Waals surface area contributed by atoms with Gasteiger partial charge in [0.25, 0.3) is 5.92 Å². The number of alkyl halides is 2. The van der Waals surface area contributed by atoms with Crippen molar-refractivity contribution in [3.63, 3.8) is 0 Å². The van der Waals surface area contributed by atoms with E-state index in [4.69, 9.17) is 4.74 Å². The summed E-state index contributed by atoms with van der Waals surface area (Å²) in [7, 11) is 0. The lowest BCUT2D eigenvalue weighted by Crippen LogP contribution is -2.43. The molecular weight excluding hydrogens is 240 g/mol. The molecule has 0 aromatic heterocycles. The summed E-state index contributed by atoms with van der Waals surface area (Å²) in [6, 6.07) is 0. The second-order valence-corrected chi connectivity index (χ2v) is 5.49. The lowest BCUT2D eigenvalue weighted by atomic mass is 9.83. The SMILES string of the molecule is CCC(F)(F)CC(=O)OC(C)(C)C1CCNCC1. The molecule has 0 aliphatic carbocycles. The number of piperidine rings is 1. The smallest absolute Gasteiger partial charge is 0.312 e. The number of carbonyl (C=O) groups excluding carboxylic acids is 1. The molecule has 1 aliphatic rings. The second-order valence-electron chi connectivity index (χ2n) is 5.49. The fourth-order valence-electron chi connectivity index (χ4n) is 2.27. The second kappa shape index (κ2) is 5.95. The monoisotopic (exact) mass is 263 g/mol. The Morgan fingerprint density at radius 1 is 1.33 bits per heavy atom. The van der Waals surface area contributed by atoms with Crippen molar-refractivity contribution in [3.8, 4) is 0 Å². The summed E-state index contributed by atoms with van der Waals surface area (Å²) >= 11 is 0. The van der Waals surface area contributed by atoms with E-state index in [2.05, 4.69) is 5.32 Å². The number of esters is 1. The molecule has 3 nitrogen and oxygen atoms in total. The molecule has 1 saturated heterocycles. The van der Waals surface area contributed by atoms with Crippen LogP contribution in [0.1, 0.15) is 46.5 Å². The van der Waals surface area contributed by atoms with Crippen LogP contribution in [0.15, 0.2) is 0 Å². The molecule has 0 atom stereocenters. The maximum atomic E-state index is 13.1. The third kappa shape index (κ3) is 4.52. The summed E-state index contributed by atoms with van der Waals surface area (Å²) < 4.78 is 31.5. The summed E-state index contributed by atoms with van der Waals surface area (Å²) in [5.41, 5.74) is -0.664. The first kappa shape index (κ1) is 15.3. The Balaban J connectivity index is 2.51. The Morgan fingerprint density at radius 2 is 1.89 bits per heavy atom. The highest BCUT2D eigenvalue weighted by Crippen LogP contribution is 2.31. The molecule has 18 heavy (non-hydrogen) atoms. The predicted octanol–water partition coefficient (Wildman–Crippen LogP) is 2.74. The first-order chi connectivity index (χ1) is 8.27.